The molecule has 0 radical (unpaired) electrons. The Labute approximate surface area is 154 Å². The molecule has 0 bridgehead atoms. The van der Waals surface area contributed by atoms with E-state index < -0.39 is 5.60 Å². The molecule has 2 rings (SSSR count). The van der Waals surface area contributed by atoms with Gasteiger partial charge in [0.2, 0.25) is 0 Å². The second-order valence-electron chi connectivity index (χ2n) is 6.63. The van der Waals surface area contributed by atoms with E-state index in [-0.39, 0.29) is 5.91 Å². The van der Waals surface area contributed by atoms with E-state index in [1.165, 1.54) is 5.56 Å². The molecule has 0 heterocycles. The molecule has 0 aromatic heterocycles. The third-order valence-electron chi connectivity index (χ3n) is 3.89. The summed E-state index contributed by atoms with van der Waals surface area (Å²) in [5.74, 6) is 0.469. The van der Waals surface area contributed by atoms with Crippen molar-refractivity contribution < 1.29 is 9.53 Å². The molecular formula is C20H25ClN2O2. The molecule has 0 aliphatic heterocycles. The fourth-order valence-electron chi connectivity index (χ4n) is 2.34. The number of carbonyl (C=O) groups excluding carboxylic acids is 1. The van der Waals surface area contributed by atoms with E-state index >= 15 is 0 Å². The van der Waals surface area contributed by atoms with Crippen LogP contribution < -0.4 is 15.0 Å². The average Bonchev–Trinajstić information content (AvgIpc) is 2.57. The third kappa shape index (κ3) is 5.68. The van der Waals surface area contributed by atoms with Gasteiger partial charge < -0.3 is 15.0 Å². The van der Waals surface area contributed by atoms with E-state index in [9.17, 15) is 4.79 Å². The third-order valence-corrected chi connectivity index (χ3v) is 4.14. The van der Waals surface area contributed by atoms with Crippen LogP contribution in [0, 0.1) is 0 Å². The Bertz CT molecular complexity index is 695. The molecule has 1 N–H and O–H groups in total. The Hall–Kier alpha value is -2.20. The Morgan fingerprint density at radius 2 is 1.68 bits per heavy atom. The highest BCUT2D eigenvalue weighted by Gasteiger charge is 2.29. The molecule has 0 aliphatic rings. The molecule has 0 aliphatic carbocycles. The Kier molecular flexibility index (Phi) is 6.32. The number of carbonyl (C=O) groups is 1. The second kappa shape index (κ2) is 8.26. The number of hydrogen-bond donors (Lipinski definition) is 1. The molecular weight excluding hydrogens is 336 g/mol. The zero-order valence-corrected chi connectivity index (χ0v) is 15.9. The number of rotatable bonds is 7. The van der Waals surface area contributed by atoms with Gasteiger partial charge in [-0.1, -0.05) is 23.7 Å². The lowest BCUT2D eigenvalue weighted by Gasteiger charge is -2.25. The van der Waals surface area contributed by atoms with Crippen LogP contribution in [-0.2, 0) is 11.2 Å². The Morgan fingerprint density at radius 1 is 1.08 bits per heavy atom. The van der Waals surface area contributed by atoms with Crippen LogP contribution in [0.15, 0.2) is 48.5 Å². The molecule has 25 heavy (non-hydrogen) atoms. The highest BCUT2D eigenvalue weighted by Crippen LogP contribution is 2.21. The second-order valence-corrected chi connectivity index (χ2v) is 7.07. The van der Waals surface area contributed by atoms with Gasteiger partial charge in [-0.2, -0.15) is 0 Å². The SMILES string of the molecule is CN(C)c1ccc(CCNC(=O)C(C)(C)Oc2ccc(Cl)cc2)cc1. The number of nitrogens with one attached hydrogen (secondary N) is 1. The van der Waals surface area contributed by atoms with Crippen LogP contribution in [0.2, 0.25) is 5.02 Å². The van der Waals surface area contributed by atoms with Crippen LogP contribution in [0.1, 0.15) is 19.4 Å². The fraction of sp³-hybridized carbons (Fsp3) is 0.350. The summed E-state index contributed by atoms with van der Waals surface area (Å²) < 4.78 is 5.79. The maximum Gasteiger partial charge on any atom is 0.263 e. The van der Waals surface area contributed by atoms with Crippen LogP contribution in [0.5, 0.6) is 5.75 Å². The molecule has 0 unspecified atom stereocenters. The largest absolute Gasteiger partial charge is 0.478 e. The molecule has 1 amide bonds. The van der Waals surface area contributed by atoms with Crippen molar-refractivity contribution in [3.8, 4) is 5.75 Å². The zero-order valence-electron chi connectivity index (χ0n) is 15.2. The van der Waals surface area contributed by atoms with Gasteiger partial charge in [-0.3, -0.25) is 4.79 Å². The number of halogens is 1. The maximum atomic E-state index is 12.4. The van der Waals surface area contributed by atoms with Crippen molar-refractivity contribution >= 4 is 23.2 Å². The van der Waals surface area contributed by atoms with E-state index in [2.05, 4.69) is 34.5 Å². The molecule has 0 saturated carbocycles. The Balaban J connectivity index is 1.84. The van der Waals surface area contributed by atoms with Gasteiger partial charge in [-0.05, 0) is 62.2 Å². The van der Waals surface area contributed by atoms with Gasteiger partial charge in [0.1, 0.15) is 5.75 Å². The van der Waals surface area contributed by atoms with Crippen molar-refractivity contribution in [3.63, 3.8) is 0 Å². The van der Waals surface area contributed by atoms with E-state index in [1.54, 1.807) is 38.1 Å². The minimum Gasteiger partial charge on any atom is -0.478 e. The number of hydrogen-bond acceptors (Lipinski definition) is 3. The smallest absolute Gasteiger partial charge is 0.263 e. The monoisotopic (exact) mass is 360 g/mol. The van der Waals surface area contributed by atoms with Gasteiger partial charge in [0.05, 0.1) is 0 Å². The standard InChI is InChI=1S/C20H25ClN2O2/c1-20(2,25-18-11-7-16(21)8-12-18)19(24)22-14-13-15-5-9-17(10-6-15)23(3)4/h5-12H,13-14H2,1-4H3,(H,22,24). The van der Waals surface area contributed by atoms with Crippen LogP contribution in [0.25, 0.3) is 0 Å². The minimum atomic E-state index is -0.956. The zero-order chi connectivity index (χ0) is 18.4. The van der Waals surface area contributed by atoms with Gasteiger partial charge in [-0.15, -0.1) is 0 Å². The quantitative estimate of drug-likeness (QED) is 0.813. The molecule has 0 saturated heterocycles. The lowest BCUT2D eigenvalue weighted by Crippen LogP contribution is -2.47. The highest BCUT2D eigenvalue weighted by atomic mass is 35.5. The molecule has 2 aromatic carbocycles. The van der Waals surface area contributed by atoms with Gasteiger partial charge >= 0.3 is 0 Å². The minimum absolute atomic E-state index is 0.146. The molecule has 0 atom stereocenters. The summed E-state index contributed by atoms with van der Waals surface area (Å²) in [5.41, 5.74) is 1.38. The number of anilines is 1. The summed E-state index contributed by atoms with van der Waals surface area (Å²) >= 11 is 5.86. The summed E-state index contributed by atoms with van der Waals surface area (Å²) in [5, 5.41) is 3.57. The summed E-state index contributed by atoms with van der Waals surface area (Å²) in [6.45, 7) is 4.07. The lowest BCUT2D eigenvalue weighted by molar-refractivity contribution is -0.134. The number of benzene rings is 2. The van der Waals surface area contributed by atoms with Crippen LogP contribution in [0.4, 0.5) is 5.69 Å². The van der Waals surface area contributed by atoms with Crippen molar-refractivity contribution in [1.82, 2.24) is 5.32 Å². The normalized spacial score (nSPS) is 11.1. The topological polar surface area (TPSA) is 41.6 Å². The fourth-order valence-corrected chi connectivity index (χ4v) is 2.46. The van der Waals surface area contributed by atoms with Crippen molar-refractivity contribution in [2.75, 3.05) is 25.5 Å². The van der Waals surface area contributed by atoms with E-state index in [1.807, 2.05) is 14.1 Å². The van der Waals surface area contributed by atoms with Crippen LogP contribution in [0.3, 0.4) is 0 Å². The van der Waals surface area contributed by atoms with Gasteiger partial charge in [0.25, 0.3) is 5.91 Å². The molecule has 2 aromatic rings. The highest BCUT2D eigenvalue weighted by molar-refractivity contribution is 6.30. The molecule has 134 valence electrons. The first-order valence-electron chi connectivity index (χ1n) is 8.27. The first-order chi connectivity index (χ1) is 11.8. The predicted molar refractivity (Wildman–Crippen MR) is 104 cm³/mol. The number of ether oxygens (including phenoxy) is 1. The molecule has 5 heteroatoms. The molecule has 0 fully saturated rings. The van der Waals surface area contributed by atoms with E-state index in [0.717, 1.165) is 12.1 Å². The van der Waals surface area contributed by atoms with Gasteiger partial charge in [-0.25, -0.2) is 0 Å². The molecule has 4 nitrogen and oxygen atoms in total. The van der Waals surface area contributed by atoms with Gasteiger partial charge in [0.15, 0.2) is 5.60 Å². The number of nitrogens with zero attached hydrogens (tertiary/aromatic N) is 1. The van der Waals surface area contributed by atoms with Crippen molar-refractivity contribution in [2.45, 2.75) is 25.9 Å². The first kappa shape index (κ1) is 19.1. The first-order valence-corrected chi connectivity index (χ1v) is 8.65. The summed E-state index contributed by atoms with van der Waals surface area (Å²) in [6.07, 6.45) is 0.774. The molecule has 0 spiro atoms. The maximum absolute atomic E-state index is 12.4. The number of amides is 1. The lowest BCUT2D eigenvalue weighted by atomic mass is 10.1. The summed E-state index contributed by atoms with van der Waals surface area (Å²) in [4.78, 5) is 14.5. The van der Waals surface area contributed by atoms with Gasteiger partial charge in [0, 0.05) is 31.4 Å². The van der Waals surface area contributed by atoms with Crippen LogP contribution in [-0.4, -0.2) is 32.1 Å². The Morgan fingerprint density at radius 3 is 2.24 bits per heavy atom. The van der Waals surface area contributed by atoms with E-state index in [0.29, 0.717) is 17.3 Å². The predicted octanol–water partition coefficient (Wildman–Crippen LogP) is 3.92. The average molecular weight is 361 g/mol. The van der Waals surface area contributed by atoms with Crippen molar-refractivity contribution in [3.05, 3.63) is 59.1 Å². The summed E-state index contributed by atoms with van der Waals surface area (Å²) in [7, 11) is 4.02. The van der Waals surface area contributed by atoms with Crippen molar-refractivity contribution in [1.29, 1.82) is 0 Å². The van der Waals surface area contributed by atoms with Crippen LogP contribution >= 0.6 is 11.6 Å². The van der Waals surface area contributed by atoms with Crippen molar-refractivity contribution in [2.24, 2.45) is 0 Å². The van der Waals surface area contributed by atoms with E-state index in [4.69, 9.17) is 16.3 Å². The summed E-state index contributed by atoms with van der Waals surface area (Å²) in [6, 6.07) is 15.3.